The fraction of sp³-hybridized carbons (Fsp3) is 0.583. The van der Waals surface area contributed by atoms with Crippen LogP contribution in [0, 0.1) is 6.92 Å². The van der Waals surface area contributed by atoms with Crippen LogP contribution in [-0.2, 0) is 11.4 Å². The van der Waals surface area contributed by atoms with Crippen LogP contribution in [-0.4, -0.2) is 15.5 Å². The Labute approximate surface area is 115 Å². The molecule has 0 saturated heterocycles. The number of hydrogen-bond donors (Lipinski definition) is 0. The number of aryl methyl sites for hydroxylation is 1. The van der Waals surface area contributed by atoms with Crippen molar-refractivity contribution in [3.8, 4) is 0 Å². The SMILES string of the molecule is Cc1cc(Cl)sc1C(C)C=N[S+]([O-])C(C)(C)C. The Balaban J connectivity index is 2.76. The van der Waals surface area contributed by atoms with Gasteiger partial charge in [0, 0.05) is 10.8 Å². The van der Waals surface area contributed by atoms with Crippen LogP contribution >= 0.6 is 22.9 Å². The molecule has 2 unspecified atom stereocenters. The van der Waals surface area contributed by atoms with Gasteiger partial charge in [-0.05, 0) is 39.3 Å². The first-order valence-electron chi connectivity index (χ1n) is 5.44. The molecule has 2 atom stereocenters. The Morgan fingerprint density at radius 1 is 1.53 bits per heavy atom. The fourth-order valence-electron chi connectivity index (χ4n) is 1.28. The smallest absolute Gasteiger partial charge is 0.144 e. The van der Waals surface area contributed by atoms with Crippen LogP contribution < -0.4 is 0 Å². The highest BCUT2D eigenvalue weighted by Crippen LogP contribution is 2.31. The molecule has 17 heavy (non-hydrogen) atoms. The number of hydrogen-bond acceptors (Lipinski definition) is 3. The van der Waals surface area contributed by atoms with Crippen LogP contribution in [0.1, 0.15) is 44.1 Å². The molecular formula is C12H18ClNOS2. The summed E-state index contributed by atoms with van der Waals surface area (Å²) in [5.74, 6) is 0.152. The van der Waals surface area contributed by atoms with Gasteiger partial charge in [-0.3, -0.25) is 0 Å². The zero-order chi connectivity index (χ0) is 13.2. The fourth-order valence-corrected chi connectivity index (χ4v) is 3.22. The third-order valence-corrected chi connectivity index (χ3v) is 5.17. The molecule has 0 amide bonds. The molecule has 0 spiro atoms. The molecule has 0 bridgehead atoms. The van der Waals surface area contributed by atoms with E-state index in [0.717, 1.165) is 4.34 Å². The summed E-state index contributed by atoms with van der Waals surface area (Å²) < 4.78 is 16.4. The molecule has 0 N–H and O–H groups in total. The first kappa shape index (κ1) is 15.0. The monoisotopic (exact) mass is 291 g/mol. The lowest BCUT2D eigenvalue weighted by Crippen LogP contribution is -2.26. The first-order valence-corrected chi connectivity index (χ1v) is 7.74. The maximum absolute atomic E-state index is 11.8. The molecule has 0 saturated carbocycles. The summed E-state index contributed by atoms with van der Waals surface area (Å²) in [5, 5.41) is 0. The molecule has 0 aromatic carbocycles. The van der Waals surface area contributed by atoms with Crippen molar-refractivity contribution >= 4 is 40.5 Å². The summed E-state index contributed by atoms with van der Waals surface area (Å²) in [6.07, 6.45) is 1.76. The summed E-state index contributed by atoms with van der Waals surface area (Å²) in [4.78, 5) is 1.18. The van der Waals surface area contributed by atoms with E-state index in [-0.39, 0.29) is 10.7 Å². The summed E-state index contributed by atoms with van der Waals surface area (Å²) in [6.45, 7) is 9.82. The molecule has 5 heteroatoms. The predicted molar refractivity (Wildman–Crippen MR) is 78.9 cm³/mol. The van der Waals surface area contributed by atoms with E-state index >= 15 is 0 Å². The average molecular weight is 292 g/mol. The minimum absolute atomic E-state index is 0.152. The molecule has 0 aliphatic rings. The van der Waals surface area contributed by atoms with E-state index in [2.05, 4.69) is 4.40 Å². The first-order chi connectivity index (χ1) is 7.71. The molecule has 2 nitrogen and oxygen atoms in total. The van der Waals surface area contributed by atoms with Crippen molar-refractivity contribution in [2.24, 2.45) is 4.40 Å². The van der Waals surface area contributed by atoms with Gasteiger partial charge in [0.25, 0.3) is 0 Å². The van der Waals surface area contributed by atoms with Gasteiger partial charge < -0.3 is 4.55 Å². The predicted octanol–water partition coefficient (Wildman–Crippen LogP) is 4.35. The van der Waals surface area contributed by atoms with E-state index in [1.165, 1.54) is 10.4 Å². The molecule has 0 aliphatic carbocycles. The summed E-state index contributed by atoms with van der Waals surface area (Å²) in [7, 11) is 0. The van der Waals surface area contributed by atoms with Gasteiger partial charge in [-0.1, -0.05) is 22.9 Å². The number of rotatable bonds is 3. The second-order valence-corrected chi connectivity index (χ2v) is 8.65. The Hall–Kier alpha value is -0.0300. The standard InChI is InChI=1S/C12H18ClNOS2/c1-8-6-10(13)16-11(8)9(2)7-14-17(15)12(3,4)5/h6-7,9H,1-5H3. The highest BCUT2D eigenvalue weighted by Gasteiger charge is 2.26. The normalized spacial score (nSPS) is 16.4. The number of nitrogens with zero attached hydrogens (tertiary/aromatic N) is 1. The molecule has 0 aliphatic heterocycles. The second-order valence-electron chi connectivity index (χ2n) is 5.00. The molecule has 96 valence electrons. The zero-order valence-corrected chi connectivity index (χ0v) is 13.2. The van der Waals surface area contributed by atoms with E-state index in [9.17, 15) is 4.55 Å². The third kappa shape index (κ3) is 4.28. The van der Waals surface area contributed by atoms with Gasteiger partial charge in [-0.2, -0.15) is 0 Å². The Morgan fingerprint density at radius 2 is 2.12 bits per heavy atom. The summed E-state index contributed by atoms with van der Waals surface area (Å²) in [5.41, 5.74) is 1.17. The van der Waals surface area contributed by atoms with Gasteiger partial charge >= 0.3 is 0 Å². The van der Waals surface area contributed by atoms with Crippen LogP contribution in [0.5, 0.6) is 0 Å². The van der Waals surface area contributed by atoms with Gasteiger partial charge in [0.15, 0.2) is 0 Å². The molecule has 1 rings (SSSR count). The Bertz CT molecular complexity index is 409. The van der Waals surface area contributed by atoms with E-state index in [1.807, 2.05) is 40.7 Å². The van der Waals surface area contributed by atoms with Gasteiger partial charge in [-0.25, -0.2) is 0 Å². The van der Waals surface area contributed by atoms with Crippen LogP contribution in [0.4, 0.5) is 0 Å². The zero-order valence-electron chi connectivity index (χ0n) is 10.8. The van der Waals surface area contributed by atoms with Crippen LogP contribution in [0.2, 0.25) is 4.34 Å². The highest BCUT2D eigenvalue weighted by molar-refractivity contribution is 7.91. The lowest BCUT2D eigenvalue weighted by molar-refractivity contribution is 0.561. The minimum Gasteiger partial charge on any atom is -0.591 e. The lowest BCUT2D eigenvalue weighted by Gasteiger charge is -2.18. The Kier molecular flexibility index (Phi) is 5.07. The number of thiophene rings is 1. The second kappa shape index (κ2) is 5.74. The van der Waals surface area contributed by atoms with E-state index in [4.69, 9.17) is 11.6 Å². The van der Waals surface area contributed by atoms with Crippen LogP contribution in [0.15, 0.2) is 10.5 Å². The van der Waals surface area contributed by atoms with Crippen molar-refractivity contribution in [2.75, 3.05) is 0 Å². The van der Waals surface area contributed by atoms with Gasteiger partial charge in [-0.15, -0.1) is 11.3 Å². The van der Waals surface area contributed by atoms with Crippen molar-refractivity contribution < 1.29 is 4.55 Å². The summed E-state index contributed by atoms with van der Waals surface area (Å²) >= 11 is 6.33. The maximum atomic E-state index is 11.8. The topological polar surface area (TPSA) is 35.4 Å². The quantitative estimate of drug-likeness (QED) is 0.602. The van der Waals surface area contributed by atoms with Crippen LogP contribution in [0.3, 0.4) is 0 Å². The van der Waals surface area contributed by atoms with E-state index in [1.54, 1.807) is 17.6 Å². The van der Waals surface area contributed by atoms with Crippen molar-refractivity contribution in [3.63, 3.8) is 0 Å². The summed E-state index contributed by atoms with van der Waals surface area (Å²) in [6, 6.07) is 1.95. The molecule has 0 radical (unpaired) electrons. The van der Waals surface area contributed by atoms with Crippen LogP contribution in [0.25, 0.3) is 0 Å². The molecule has 1 heterocycles. The third-order valence-electron chi connectivity index (χ3n) is 2.24. The lowest BCUT2D eigenvalue weighted by atomic mass is 10.1. The maximum Gasteiger partial charge on any atom is 0.144 e. The Morgan fingerprint density at radius 3 is 2.53 bits per heavy atom. The molecule has 1 aromatic heterocycles. The van der Waals surface area contributed by atoms with E-state index in [0.29, 0.717) is 0 Å². The van der Waals surface area contributed by atoms with E-state index < -0.39 is 11.4 Å². The minimum atomic E-state index is -1.19. The van der Waals surface area contributed by atoms with Crippen molar-refractivity contribution in [2.45, 2.75) is 45.3 Å². The van der Waals surface area contributed by atoms with Crippen molar-refractivity contribution in [3.05, 3.63) is 20.8 Å². The van der Waals surface area contributed by atoms with Gasteiger partial charge in [0.05, 0.1) is 10.6 Å². The van der Waals surface area contributed by atoms with Gasteiger partial charge in [0.2, 0.25) is 0 Å². The molecule has 0 fully saturated rings. The largest absolute Gasteiger partial charge is 0.591 e. The molecule has 1 aromatic rings. The molecular weight excluding hydrogens is 274 g/mol. The highest BCUT2D eigenvalue weighted by atomic mass is 35.5. The van der Waals surface area contributed by atoms with Crippen molar-refractivity contribution in [1.29, 1.82) is 0 Å². The average Bonchev–Trinajstić information content (AvgIpc) is 2.52. The number of halogens is 1. The van der Waals surface area contributed by atoms with Crippen molar-refractivity contribution in [1.82, 2.24) is 0 Å². The van der Waals surface area contributed by atoms with Gasteiger partial charge in [0.1, 0.15) is 16.1 Å².